The van der Waals surface area contributed by atoms with E-state index >= 15 is 0 Å². The van der Waals surface area contributed by atoms with E-state index in [1.165, 1.54) is 61.8 Å². The first kappa shape index (κ1) is 14.3. The van der Waals surface area contributed by atoms with Crippen LogP contribution in [0.15, 0.2) is 24.8 Å². The third kappa shape index (κ3) is 3.14. The minimum atomic E-state index is 0.853. The van der Waals surface area contributed by atoms with Crippen LogP contribution < -0.4 is 0 Å². The normalized spacial score (nSPS) is 23.4. The highest BCUT2D eigenvalue weighted by molar-refractivity contribution is 7.99. The second-order valence-electron chi connectivity index (χ2n) is 6.60. The molecule has 0 spiro atoms. The molecule has 0 N–H and O–H groups in total. The van der Waals surface area contributed by atoms with Crippen molar-refractivity contribution < 1.29 is 0 Å². The van der Waals surface area contributed by atoms with Gasteiger partial charge < -0.3 is 0 Å². The number of benzene rings is 1. The van der Waals surface area contributed by atoms with Gasteiger partial charge in [0.1, 0.15) is 0 Å². The fraction of sp³-hybridized carbons (Fsp3) is 0.579. The largest absolute Gasteiger partial charge is 0.153 e. The lowest BCUT2D eigenvalue weighted by atomic mass is 9.84. The molecule has 1 aliphatic carbocycles. The summed E-state index contributed by atoms with van der Waals surface area (Å²) in [6.45, 7) is 6.27. The van der Waals surface area contributed by atoms with E-state index in [9.17, 15) is 0 Å². The highest BCUT2D eigenvalue weighted by atomic mass is 32.2. The van der Waals surface area contributed by atoms with Gasteiger partial charge in [0.25, 0.3) is 0 Å². The molecular formula is C19H26S. The number of thioether (sulfide) groups is 1. The molecule has 1 unspecified atom stereocenters. The molecule has 1 atom stereocenters. The van der Waals surface area contributed by atoms with Crippen molar-refractivity contribution >= 4 is 17.3 Å². The summed E-state index contributed by atoms with van der Waals surface area (Å²) in [5.41, 5.74) is 5.76. The molecule has 0 aromatic heterocycles. The van der Waals surface area contributed by atoms with Crippen LogP contribution in [-0.4, -0.2) is 5.25 Å². The van der Waals surface area contributed by atoms with Crippen molar-refractivity contribution in [1.82, 2.24) is 0 Å². The van der Waals surface area contributed by atoms with Crippen LogP contribution >= 0.6 is 11.8 Å². The Kier molecular flexibility index (Phi) is 4.55. The number of hydrogen-bond donors (Lipinski definition) is 0. The molecule has 1 fully saturated rings. The molecule has 1 heteroatoms. The average molecular weight is 286 g/mol. The Labute approximate surface area is 128 Å². The summed E-state index contributed by atoms with van der Waals surface area (Å²) in [4.78, 5) is 0. The Hall–Kier alpha value is -0.690. The molecule has 0 radical (unpaired) electrons. The third-order valence-electron chi connectivity index (χ3n) is 4.96. The van der Waals surface area contributed by atoms with Gasteiger partial charge >= 0.3 is 0 Å². The van der Waals surface area contributed by atoms with Crippen molar-refractivity contribution in [3.8, 4) is 0 Å². The first-order valence-electron chi connectivity index (χ1n) is 8.12. The summed E-state index contributed by atoms with van der Waals surface area (Å²) >= 11 is 2.19. The average Bonchev–Trinajstić information content (AvgIpc) is 2.47. The quantitative estimate of drug-likeness (QED) is 0.672. The molecule has 1 aliphatic heterocycles. The van der Waals surface area contributed by atoms with Crippen LogP contribution in [0, 0.1) is 5.92 Å². The van der Waals surface area contributed by atoms with Gasteiger partial charge in [-0.25, -0.2) is 0 Å². The highest BCUT2D eigenvalue weighted by Gasteiger charge is 2.24. The number of fused-ring (bicyclic) bond motifs is 1. The van der Waals surface area contributed by atoms with Gasteiger partial charge in [-0.3, -0.25) is 0 Å². The summed E-state index contributed by atoms with van der Waals surface area (Å²) in [5, 5.41) is 0.853. The van der Waals surface area contributed by atoms with E-state index in [2.05, 4.69) is 43.5 Å². The van der Waals surface area contributed by atoms with Crippen molar-refractivity contribution in [2.45, 2.75) is 62.9 Å². The van der Waals surface area contributed by atoms with Crippen LogP contribution in [0.1, 0.15) is 62.1 Å². The van der Waals surface area contributed by atoms with Crippen LogP contribution in [0.4, 0.5) is 0 Å². The van der Waals surface area contributed by atoms with Gasteiger partial charge in [-0.1, -0.05) is 62.5 Å². The van der Waals surface area contributed by atoms with Crippen LogP contribution in [-0.2, 0) is 12.2 Å². The molecule has 0 bridgehead atoms. The van der Waals surface area contributed by atoms with Crippen LogP contribution in [0.5, 0.6) is 0 Å². The van der Waals surface area contributed by atoms with Gasteiger partial charge in [0.2, 0.25) is 0 Å². The molecular weight excluding hydrogens is 260 g/mol. The van der Waals surface area contributed by atoms with E-state index in [0.717, 1.165) is 11.2 Å². The van der Waals surface area contributed by atoms with E-state index in [4.69, 9.17) is 0 Å². The Morgan fingerprint density at radius 3 is 2.80 bits per heavy atom. The smallest absolute Gasteiger partial charge is 0.0196 e. The van der Waals surface area contributed by atoms with E-state index in [1.54, 1.807) is 11.1 Å². The number of rotatable bonds is 3. The lowest BCUT2D eigenvalue weighted by Gasteiger charge is -2.30. The topological polar surface area (TPSA) is 0 Å². The van der Waals surface area contributed by atoms with Crippen molar-refractivity contribution in [1.29, 1.82) is 0 Å². The molecule has 1 aromatic carbocycles. The summed E-state index contributed by atoms with van der Waals surface area (Å²) < 4.78 is 0. The monoisotopic (exact) mass is 286 g/mol. The summed E-state index contributed by atoms with van der Waals surface area (Å²) in [6, 6.07) is 6.80. The van der Waals surface area contributed by atoms with Crippen molar-refractivity contribution in [3.05, 3.63) is 41.5 Å². The summed E-state index contributed by atoms with van der Waals surface area (Å²) in [5.74, 6) is 2.20. The first-order chi connectivity index (χ1) is 9.74. The number of hydrogen-bond acceptors (Lipinski definition) is 1. The predicted octanol–water partition coefficient (Wildman–Crippen LogP) is 5.85. The predicted molar refractivity (Wildman–Crippen MR) is 91.1 cm³/mol. The fourth-order valence-corrected chi connectivity index (χ4v) is 5.30. The van der Waals surface area contributed by atoms with E-state index in [0.29, 0.717) is 0 Å². The molecule has 3 rings (SSSR count). The van der Waals surface area contributed by atoms with Gasteiger partial charge in [-0.2, -0.15) is 11.8 Å². The second kappa shape index (κ2) is 6.39. The Bertz CT molecular complexity index is 483. The van der Waals surface area contributed by atoms with Gasteiger partial charge in [-0.15, -0.1) is 0 Å². The second-order valence-corrected chi connectivity index (χ2v) is 7.89. The molecule has 20 heavy (non-hydrogen) atoms. The van der Waals surface area contributed by atoms with Crippen LogP contribution in [0.25, 0.3) is 5.57 Å². The number of allylic oxidation sites excluding steroid dienone is 1. The lowest BCUT2D eigenvalue weighted by molar-refractivity contribution is 0.335. The zero-order valence-corrected chi connectivity index (χ0v) is 13.5. The minimum absolute atomic E-state index is 0.853. The molecule has 2 aliphatic rings. The SMILES string of the molecule is C=C(C)c1cccc2c1CSC(CC1CCCCC1)C2. The molecule has 1 saturated carbocycles. The molecule has 0 nitrogen and oxygen atoms in total. The third-order valence-corrected chi connectivity index (χ3v) is 6.25. The molecule has 108 valence electrons. The summed E-state index contributed by atoms with van der Waals surface area (Å²) in [7, 11) is 0. The van der Waals surface area contributed by atoms with Crippen molar-refractivity contribution in [2.75, 3.05) is 0 Å². The van der Waals surface area contributed by atoms with E-state index in [-0.39, 0.29) is 0 Å². The Morgan fingerprint density at radius 2 is 2.05 bits per heavy atom. The fourth-order valence-electron chi connectivity index (χ4n) is 3.85. The summed E-state index contributed by atoms with van der Waals surface area (Å²) in [6.07, 6.45) is 10.1. The van der Waals surface area contributed by atoms with Gasteiger partial charge in [0.05, 0.1) is 0 Å². The molecule has 1 aromatic rings. The zero-order chi connectivity index (χ0) is 13.9. The van der Waals surface area contributed by atoms with Crippen LogP contribution in [0.3, 0.4) is 0 Å². The molecule has 1 heterocycles. The van der Waals surface area contributed by atoms with Crippen LogP contribution in [0.2, 0.25) is 0 Å². The standard InChI is InChI=1S/C19H26S/c1-14(2)18-10-6-9-16-12-17(20-13-19(16)18)11-15-7-4-3-5-8-15/h6,9-10,15,17H,1,3-5,7-8,11-13H2,2H3. The maximum absolute atomic E-state index is 4.14. The zero-order valence-electron chi connectivity index (χ0n) is 12.7. The maximum Gasteiger partial charge on any atom is 0.0196 e. The van der Waals surface area contributed by atoms with Crippen molar-refractivity contribution in [3.63, 3.8) is 0 Å². The minimum Gasteiger partial charge on any atom is -0.153 e. The van der Waals surface area contributed by atoms with Crippen molar-refractivity contribution in [2.24, 2.45) is 5.92 Å². The molecule has 0 saturated heterocycles. The first-order valence-corrected chi connectivity index (χ1v) is 9.17. The Balaban J connectivity index is 1.69. The molecule has 0 amide bonds. The lowest BCUT2D eigenvalue weighted by Crippen LogP contribution is -2.20. The van der Waals surface area contributed by atoms with Gasteiger partial charge in [-0.05, 0) is 42.4 Å². The Morgan fingerprint density at radius 1 is 1.25 bits per heavy atom. The van der Waals surface area contributed by atoms with Gasteiger partial charge in [0, 0.05) is 11.0 Å². The van der Waals surface area contributed by atoms with E-state index in [1.807, 2.05) is 0 Å². The highest BCUT2D eigenvalue weighted by Crippen LogP contribution is 2.39. The maximum atomic E-state index is 4.14. The van der Waals surface area contributed by atoms with E-state index < -0.39 is 0 Å². The van der Waals surface area contributed by atoms with Gasteiger partial charge in [0.15, 0.2) is 0 Å².